The largest absolute Gasteiger partial charge is 0.310 e. The van der Waals surface area contributed by atoms with Crippen molar-refractivity contribution in [1.29, 1.82) is 0 Å². The van der Waals surface area contributed by atoms with Crippen molar-refractivity contribution >= 4 is 38.9 Å². The van der Waals surface area contributed by atoms with Gasteiger partial charge in [0, 0.05) is 33.4 Å². The Morgan fingerprint density at radius 1 is 0.420 bits per heavy atom. The van der Waals surface area contributed by atoms with Gasteiger partial charge in [0.25, 0.3) is 0 Å². The van der Waals surface area contributed by atoms with Gasteiger partial charge in [0.1, 0.15) is 0 Å². The predicted octanol–water partition coefficient (Wildman–Crippen LogP) is 13.3. The topological polar surface area (TPSA) is 8.17 Å². The zero-order valence-corrected chi connectivity index (χ0v) is 26.8. The first-order valence-corrected chi connectivity index (χ1v) is 16.3. The van der Waals surface area contributed by atoms with Crippen LogP contribution in [0.25, 0.3) is 60.9 Å². The van der Waals surface area contributed by atoms with E-state index in [4.69, 9.17) is 13.7 Å². The molecule has 0 unspecified atom stereocenters. The molecule has 1 heterocycles. The van der Waals surface area contributed by atoms with Crippen molar-refractivity contribution in [2.45, 2.75) is 0 Å². The first kappa shape index (κ1) is 20.7. The first-order chi connectivity index (χ1) is 29.0. The highest BCUT2D eigenvalue weighted by Crippen LogP contribution is 2.46. The zero-order chi connectivity index (χ0) is 42.0. The molecule has 0 aliphatic heterocycles. The fourth-order valence-electron chi connectivity index (χ4n) is 6.79. The molecule has 236 valence electrons. The molecule has 0 amide bonds. The highest BCUT2D eigenvalue weighted by Gasteiger charge is 2.21. The van der Waals surface area contributed by atoms with E-state index in [0.717, 1.165) is 44.3 Å². The third-order valence-corrected chi connectivity index (χ3v) is 8.95. The molecule has 2 nitrogen and oxygen atoms in total. The lowest BCUT2D eigenvalue weighted by atomic mass is 9.96. The van der Waals surface area contributed by atoms with Crippen LogP contribution in [0, 0.1) is 0 Å². The van der Waals surface area contributed by atoms with Gasteiger partial charge < -0.3 is 9.47 Å². The monoisotopic (exact) mass is 648 g/mol. The van der Waals surface area contributed by atoms with Crippen LogP contribution in [0.1, 0.15) is 13.7 Å². The Morgan fingerprint density at radius 3 is 1.82 bits per heavy atom. The van der Waals surface area contributed by atoms with Crippen LogP contribution in [0.5, 0.6) is 0 Å². The van der Waals surface area contributed by atoms with Crippen LogP contribution >= 0.6 is 0 Å². The van der Waals surface area contributed by atoms with E-state index >= 15 is 0 Å². The van der Waals surface area contributed by atoms with Gasteiger partial charge in [0.05, 0.1) is 30.4 Å². The van der Waals surface area contributed by atoms with Gasteiger partial charge in [-0.25, -0.2) is 0 Å². The molecule has 0 fully saturated rings. The van der Waals surface area contributed by atoms with Crippen LogP contribution in [0.2, 0.25) is 0 Å². The van der Waals surface area contributed by atoms with E-state index in [1.54, 1.807) is 30.3 Å². The average molecular weight is 649 g/mol. The smallest absolute Gasteiger partial charge is 0.0629 e. The summed E-state index contributed by atoms with van der Waals surface area (Å²) in [7, 11) is 0. The minimum Gasteiger partial charge on any atom is -0.310 e. The van der Waals surface area contributed by atoms with E-state index in [0.29, 0.717) is 22.5 Å². The maximum absolute atomic E-state index is 8.76. The van der Waals surface area contributed by atoms with Gasteiger partial charge in [0.2, 0.25) is 0 Å². The quantitative estimate of drug-likeness (QED) is 0.167. The number of benzene rings is 8. The van der Waals surface area contributed by atoms with Gasteiger partial charge in [0.15, 0.2) is 0 Å². The summed E-state index contributed by atoms with van der Waals surface area (Å²) < 4.78 is 86.5. The van der Waals surface area contributed by atoms with Crippen LogP contribution in [-0.2, 0) is 0 Å². The SMILES string of the molecule is [2H]c1c([2H])c([2H])c(-c2ccc(N(c3cccc(-c4c([2H])c([2H])c([2H])c([2H])c4[2H])c3)c3ccccc3-c3cccc4c3c3ccccc3n4-c3ccccc3)cc2)c([2H])c1[2H]. The minimum absolute atomic E-state index is 0.0751. The maximum Gasteiger partial charge on any atom is 0.0629 e. The van der Waals surface area contributed by atoms with Crippen molar-refractivity contribution in [2.75, 3.05) is 4.90 Å². The summed E-state index contributed by atoms with van der Waals surface area (Å²) in [6.45, 7) is 0. The van der Waals surface area contributed by atoms with E-state index in [2.05, 4.69) is 47.0 Å². The number of hydrogen-bond donors (Lipinski definition) is 0. The summed E-state index contributed by atoms with van der Waals surface area (Å²) in [5.41, 5.74) is 8.05. The Morgan fingerprint density at radius 2 is 1.04 bits per heavy atom. The van der Waals surface area contributed by atoms with E-state index in [9.17, 15) is 0 Å². The van der Waals surface area contributed by atoms with E-state index in [1.165, 1.54) is 0 Å². The summed E-state index contributed by atoms with van der Waals surface area (Å²) in [6, 6.07) is 43.3. The highest BCUT2D eigenvalue weighted by atomic mass is 15.1. The lowest BCUT2D eigenvalue weighted by molar-refractivity contribution is 1.18. The van der Waals surface area contributed by atoms with E-state index in [-0.39, 0.29) is 35.3 Å². The molecular formula is C48H34N2. The van der Waals surface area contributed by atoms with Gasteiger partial charge in [-0.15, -0.1) is 0 Å². The van der Waals surface area contributed by atoms with Crippen LogP contribution in [0.3, 0.4) is 0 Å². The number of aromatic nitrogens is 1. The Labute approximate surface area is 306 Å². The molecule has 0 spiro atoms. The molecule has 9 aromatic rings. The molecule has 0 saturated carbocycles. The molecule has 0 aliphatic rings. The van der Waals surface area contributed by atoms with Crippen LogP contribution < -0.4 is 4.90 Å². The molecular weight excluding hydrogens is 605 g/mol. The third-order valence-electron chi connectivity index (χ3n) is 8.95. The standard InChI is InChI=1S/C48H34N2/c1-4-16-35(17-5-1)37-30-32-40(33-31-37)49(41-23-14-20-38(34-41)36-18-6-2-7-19-36)45-27-12-10-24-42(45)43-26-15-29-47-48(43)44-25-11-13-28-46(44)50(47)39-21-8-3-9-22-39/h1-34H/i1D,2D,4D,5D,6D,7D,16D,17D,18D,19D. The van der Waals surface area contributed by atoms with Gasteiger partial charge in [-0.1, -0.05) is 151 Å². The molecule has 0 aliphatic carbocycles. The first-order valence-electron chi connectivity index (χ1n) is 21.3. The molecule has 0 N–H and O–H groups in total. The van der Waals surface area contributed by atoms with Crippen molar-refractivity contribution < 1.29 is 13.7 Å². The second-order valence-electron chi connectivity index (χ2n) is 11.8. The highest BCUT2D eigenvalue weighted by molar-refractivity contribution is 6.17. The number of rotatable bonds is 7. The molecule has 8 aromatic carbocycles. The molecule has 9 rings (SSSR count). The molecule has 1 aromatic heterocycles. The van der Waals surface area contributed by atoms with Gasteiger partial charge in [-0.2, -0.15) is 0 Å². The minimum atomic E-state index is -0.470. The van der Waals surface area contributed by atoms with Gasteiger partial charge in [-0.3, -0.25) is 0 Å². The number of fused-ring (bicyclic) bond motifs is 3. The molecule has 0 saturated heterocycles. The van der Waals surface area contributed by atoms with Crippen molar-refractivity contribution in [3.05, 3.63) is 206 Å². The summed E-state index contributed by atoms with van der Waals surface area (Å²) in [5, 5.41) is 2.12. The lowest BCUT2D eigenvalue weighted by Crippen LogP contribution is -2.11. The van der Waals surface area contributed by atoms with Crippen molar-refractivity contribution in [1.82, 2.24) is 4.57 Å². The van der Waals surface area contributed by atoms with Crippen LogP contribution in [0.15, 0.2) is 206 Å². The van der Waals surface area contributed by atoms with Gasteiger partial charge >= 0.3 is 0 Å². The Balaban J connectivity index is 1.29. The fraction of sp³-hybridized carbons (Fsp3) is 0. The van der Waals surface area contributed by atoms with Crippen molar-refractivity contribution in [3.63, 3.8) is 0 Å². The van der Waals surface area contributed by atoms with Crippen LogP contribution in [-0.4, -0.2) is 4.57 Å². The summed E-state index contributed by atoms with van der Waals surface area (Å²) >= 11 is 0. The Hall–Kier alpha value is -6.64. The molecule has 50 heavy (non-hydrogen) atoms. The molecule has 0 bridgehead atoms. The van der Waals surface area contributed by atoms with Crippen molar-refractivity contribution in [3.8, 4) is 39.1 Å². The summed E-state index contributed by atoms with van der Waals surface area (Å²) in [5.74, 6) is 0. The third kappa shape index (κ3) is 5.24. The van der Waals surface area contributed by atoms with Crippen molar-refractivity contribution in [2.24, 2.45) is 0 Å². The average Bonchev–Trinajstić information content (AvgIpc) is 3.62. The fourth-order valence-corrected chi connectivity index (χ4v) is 6.79. The summed E-state index contributed by atoms with van der Waals surface area (Å²) in [4.78, 5) is 2.02. The normalized spacial score (nSPS) is 14.0. The maximum atomic E-state index is 8.76. The Kier molecular flexibility index (Phi) is 5.27. The number of para-hydroxylation sites is 3. The van der Waals surface area contributed by atoms with Gasteiger partial charge in [-0.05, 0) is 82.4 Å². The second-order valence-corrected chi connectivity index (χ2v) is 11.8. The lowest BCUT2D eigenvalue weighted by Gasteiger charge is -2.28. The van der Waals surface area contributed by atoms with Crippen LogP contribution in [0.4, 0.5) is 17.1 Å². The number of nitrogens with zero attached hydrogens (tertiary/aromatic N) is 2. The second kappa shape index (κ2) is 12.8. The molecule has 0 atom stereocenters. The summed E-state index contributed by atoms with van der Waals surface area (Å²) in [6.07, 6.45) is 0. The molecule has 2 heteroatoms. The zero-order valence-electron chi connectivity index (χ0n) is 36.8. The number of anilines is 3. The van der Waals surface area contributed by atoms with E-state index < -0.39 is 36.3 Å². The Bertz CT molecular complexity index is 3100. The molecule has 0 radical (unpaired) electrons. The van der Waals surface area contributed by atoms with E-state index in [1.807, 2.05) is 77.7 Å². The number of hydrogen-bond acceptors (Lipinski definition) is 1. The predicted molar refractivity (Wildman–Crippen MR) is 212 cm³/mol.